The molecule has 0 aliphatic carbocycles. The van der Waals surface area contributed by atoms with Crippen molar-refractivity contribution in [3.63, 3.8) is 0 Å². The smallest absolute Gasteiger partial charge is 0.187 e. The minimum atomic E-state index is 0.695. The summed E-state index contributed by atoms with van der Waals surface area (Å²) in [4.78, 5) is 6.06. The van der Waals surface area contributed by atoms with Crippen molar-refractivity contribution >= 4 is 33.8 Å². The first-order valence-corrected chi connectivity index (χ1v) is 9.58. The molecule has 0 spiro atoms. The monoisotopic (exact) mass is 388 g/mol. The molecule has 1 N–H and O–H groups in total. The average Bonchev–Trinajstić information content (AvgIpc) is 3.03. The highest BCUT2D eigenvalue weighted by molar-refractivity contribution is 7.16. The predicted molar refractivity (Wildman–Crippen MR) is 109 cm³/mol. The van der Waals surface area contributed by atoms with Crippen molar-refractivity contribution in [2.45, 2.75) is 19.8 Å². The van der Waals surface area contributed by atoms with Gasteiger partial charge in [0.1, 0.15) is 0 Å². The Balaban J connectivity index is 1.97. The fraction of sp³-hybridized carbons (Fsp3) is 0.250. The number of rotatable bonds is 7. The topological polar surface area (TPSA) is 43.4 Å². The normalized spacial score (nSPS) is 10.6. The Labute approximate surface area is 162 Å². The predicted octanol–water partition coefficient (Wildman–Crippen LogP) is 6.18. The standard InChI is InChI=1S/C20H21ClN2O2S/c1-4-6-18-19(13-9-10-16(24-2)17(11-13)25-3)23-20(26-18)22-15-8-5-7-14(21)12-15/h5,7-12H,4,6H2,1-3H3,(H,22,23). The summed E-state index contributed by atoms with van der Waals surface area (Å²) in [7, 11) is 3.28. The van der Waals surface area contributed by atoms with E-state index in [4.69, 9.17) is 26.1 Å². The van der Waals surface area contributed by atoms with Crippen molar-refractivity contribution in [2.75, 3.05) is 19.5 Å². The quantitative estimate of drug-likeness (QED) is 0.525. The van der Waals surface area contributed by atoms with E-state index >= 15 is 0 Å². The third-order valence-corrected chi connectivity index (χ3v) is 5.17. The van der Waals surface area contributed by atoms with E-state index in [1.54, 1.807) is 25.6 Å². The number of anilines is 2. The van der Waals surface area contributed by atoms with E-state index in [9.17, 15) is 0 Å². The summed E-state index contributed by atoms with van der Waals surface area (Å²) in [5, 5.41) is 4.89. The van der Waals surface area contributed by atoms with Gasteiger partial charge in [-0.1, -0.05) is 31.0 Å². The molecule has 1 aromatic heterocycles. The van der Waals surface area contributed by atoms with Gasteiger partial charge in [0.25, 0.3) is 0 Å². The van der Waals surface area contributed by atoms with Crippen molar-refractivity contribution in [1.82, 2.24) is 4.98 Å². The molecule has 26 heavy (non-hydrogen) atoms. The van der Waals surface area contributed by atoms with Crippen molar-refractivity contribution in [1.29, 1.82) is 0 Å². The second-order valence-corrected chi connectivity index (χ2v) is 7.27. The van der Waals surface area contributed by atoms with Crippen LogP contribution in [-0.4, -0.2) is 19.2 Å². The summed E-state index contributed by atoms with van der Waals surface area (Å²) < 4.78 is 10.8. The van der Waals surface area contributed by atoms with Crippen LogP contribution in [0.15, 0.2) is 42.5 Å². The summed E-state index contributed by atoms with van der Waals surface area (Å²) in [5.41, 5.74) is 2.91. The third-order valence-electron chi connectivity index (χ3n) is 3.91. The molecule has 0 saturated carbocycles. The Morgan fingerprint density at radius 1 is 1.08 bits per heavy atom. The summed E-state index contributed by atoms with van der Waals surface area (Å²) in [5.74, 6) is 1.41. The highest BCUT2D eigenvalue weighted by Crippen LogP contribution is 2.37. The second-order valence-electron chi connectivity index (χ2n) is 5.75. The lowest BCUT2D eigenvalue weighted by atomic mass is 10.1. The number of nitrogens with one attached hydrogen (secondary N) is 1. The van der Waals surface area contributed by atoms with Gasteiger partial charge in [-0.2, -0.15) is 0 Å². The molecule has 136 valence electrons. The lowest BCUT2D eigenvalue weighted by molar-refractivity contribution is 0.355. The number of aryl methyl sites for hydroxylation is 1. The summed E-state index contributed by atoms with van der Waals surface area (Å²) >= 11 is 7.74. The SMILES string of the molecule is CCCc1sc(Nc2cccc(Cl)c2)nc1-c1ccc(OC)c(OC)c1. The number of hydrogen-bond donors (Lipinski definition) is 1. The number of benzene rings is 2. The molecule has 0 fully saturated rings. The van der Waals surface area contributed by atoms with Crippen LogP contribution in [0.5, 0.6) is 11.5 Å². The van der Waals surface area contributed by atoms with Crippen LogP contribution < -0.4 is 14.8 Å². The minimum absolute atomic E-state index is 0.695. The van der Waals surface area contributed by atoms with Crippen molar-refractivity contribution < 1.29 is 9.47 Å². The molecular weight excluding hydrogens is 368 g/mol. The molecule has 4 nitrogen and oxygen atoms in total. The molecule has 0 saturated heterocycles. The van der Waals surface area contributed by atoms with Gasteiger partial charge >= 0.3 is 0 Å². The van der Waals surface area contributed by atoms with Crippen LogP contribution in [0.1, 0.15) is 18.2 Å². The lowest BCUT2D eigenvalue weighted by Crippen LogP contribution is -1.93. The average molecular weight is 389 g/mol. The first-order chi connectivity index (χ1) is 12.6. The summed E-state index contributed by atoms with van der Waals surface area (Å²) in [6.07, 6.45) is 2.03. The molecule has 0 aliphatic heterocycles. The van der Waals surface area contributed by atoms with Crippen molar-refractivity contribution in [2.24, 2.45) is 0 Å². The van der Waals surface area contributed by atoms with Crippen molar-refractivity contribution in [3.8, 4) is 22.8 Å². The van der Waals surface area contributed by atoms with Gasteiger partial charge in [-0.05, 0) is 42.8 Å². The zero-order valence-corrected chi connectivity index (χ0v) is 16.6. The van der Waals surface area contributed by atoms with Gasteiger partial charge < -0.3 is 14.8 Å². The maximum Gasteiger partial charge on any atom is 0.187 e. The highest BCUT2D eigenvalue weighted by Gasteiger charge is 2.15. The number of halogens is 1. The van der Waals surface area contributed by atoms with E-state index < -0.39 is 0 Å². The van der Waals surface area contributed by atoms with Gasteiger partial charge in [0.15, 0.2) is 16.6 Å². The van der Waals surface area contributed by atoms with Gasteiger partial charge in [-0.15, -0.1) is 11.3 Å². The Hall–Kier alpha value is -2.24. The van der Waals surface area contributed by atoms with E-state index in [-0.39, 0.29) is 0 Å². The van der Waals surface area contributed by atoms with E-state index in [1.165, 1.54) is 4.88 Å². The summed E-state index contributed by atoms with van der Waals surface area (Å²) in [6, 6.07) is 13.5. The molecule has 0 atom stereocenters. The fourth-order valence-corrected chi connectivity index (χ4v) is 4.00. The lowest BCUT2D eigenvalue weighted by Gasteiger charge is -2.09. The van der Waals surface area contributed by atoms with Crippen LogP contribution in [-0.2, 0) is 6.42 Å². The number of aromatic nitrogens is 1. The van der Waals surface area contributed by atoms with Crippen LogP contribution in [0.4, 0.5) is 10.8 Å². The van der Waals surface area contributed by atoms with Crippen LogP contribution in [0.3, 0.4) is 0 Å². The molecule has 0 unspecified atom stereocenters. The largest absolute Gasteiger partial charge is 0.493 e. The molecule has 1 heterocycles. The highest BCUT2D eigenvalue weighted by atomic mass is 35.5. The molecule has 3 aromatic rings. The molecule has 2 aromatic carbocycles. The van der Waals surface area contributed by atoms with E-state index in [1.807, 2.05) is 42.5 Å². The first-order valence-electron chi connectivity index (χ1n) is 8.39. The van der Waals surface area contributed by atoms with Crippen LogP contribution in [0.25, 0.3) is 11.3 Å². The second kappa shape index (κ2) is 8.43. The fourth-order valence-electron chi connectivity index (χ4n) is 2.70. The molecule has 6 heteroatoms. The molecule has 0 aliphatic rings. The maximum atomic E-state index is 6.07. The van der Waals surface area contributed by atoms with Gasteiger partial charge in [0.2, 0.25) is 0 Å². The van der Waals surface area contributed by atoms with Crippen LogP contribution >= 0.6 is 22.9 Å². The van der Waals surface area contributed by atoms with Crippen LogP contribution in [0.2, 0.25) is 5.02 Å². The molecule has 0 radical (unpaired) electrons. The zero-order chi connectivity index (χ0) is 18.5. The van der Waals surface area contributed by atoms with Gasteiger partial charge in [0, 0.05) is 21.2 Å². The molecule has 0 bridgehead atoms. The Morgan fingerprint density at radius 2 is 1.88 bits per heavy atom. The Kier molecular flexibility index (Phi) is 6.01. The molecular formula is C20H21ClN2O2S. The van der Waals surface area contributed by atoms with E-state index in [0.717, 1.165) is 34.9 Å². The van der Waals surface area contributed by atoms with E-state index in [0.29, 0.717) is 16.5 Å². The number of methoxy groups -OCH3 is 2. The van der Waals surface area contributed by atoms with Crippen molar-refractivity contribution in [3.05, 3.63) is 52.4 Å². The minimum Gasteiger partial charge on any atom is -0.493 e. The Bertz CT molecular complexity index is 895. The van der Waals surface area contributed by atoms with Crippen LogP contribution in [0, 0.1) is 0 Å². The van der Waals surface area contributed by atoms with Gasteiger partial charge in [0.05, 0.1) is 19.9 Å². The first kappa shape index (κ1) is 18.5. The zero-order valence-electron chi connectivity index (χ0n) is 15.0. The number of ether oxygens (including phenoxy) is 2. The molecule has 0 amide bonds. The maximum absolute atomic E-state index is 6.07. The number of nitrogens with zero attached hydrogens (tertiary/aromatic N) is 1. The van der Waals surface area contributed by atoms with Gasteiger partial charge in [-0.3, -0.25) is 0 Å². The van der Waals surface area contributed by atoms with E-state index in [2.05, 4.69) is 12.2 Å². The third kappa shape index (κ3) is 4.11. The number of thiazole rings is 1. The number of hydrogen-bond acceptors (Lipinski definition) is 5. The summed E-state index contributed by atoms with van der Waals surface area (Å²) in [6.45, 7) is 2.17. The molecule has 3 rings (SSSR count). The van der Waals surface area contributed by atoms with Gasteiger partial charge in [-0.25, -0.2) is 4.98 Å². The Morgan fingerprint density at radius 3 is 2.58 bits per heavy atom.